The molecule has 0 N–H and O–H groups in total. The SMILES string of the molecule is O=C1CC[C@H](/C=N/OCc2ccccc2)C1. The smallest absolute Gasteiger partial charge is 0.142 e. The van der Waals surface area contributed by atoms with Crippen LogP contribution in [0.1, 0.15) is 24.8 Å². The average Bonchev–Trinajstić information content (AvgIpc) is 2.72. The largest absolute Gasteiger partial charge is 0.391 e. The molecule has 84 valence electrons. The minimum absolute atomic E-state index is 0.281. The summed E-state index contributed by atoms with van der Waals surface area (Å²) in [5.74, 6) is 0.614. The molecule has 0 amide bonds. The Kier molecular flexibility index (Phi) is 3.70. The topological polar surface area (TPSA) is 38.7 Å². The van der Waals surface area contributed by atoms with Gasteiger partial charge in [-0.3, -0.25) is 4.79 Å². The fourth-order valence-corrected chi connectivity index (χ4v) is 1.79. The van der Waals surface area contributed by atoms with E-state index >= 15 is 0 Å². The molecule has 1 aromatic rings. The first-order valence-electron chi connectivity index (χ1n) is 5.55. The van der Waals surface area contributed by atoms with E-state index in [9.17, 15) is 4.79 Å². The molecule has 16 heavy (non-hydrogen) atoms. The van der Waals surface area contributed by atoms with Crippen LogP contribution in [0.25, 0.3) is 0 Å². The van der Waals surface area contributed by atoms with Gasteiger partial charge in [-0.2, -0.15) is 0 Å². The van der Waals surface area contributed by atoms with Gasteiger partial charge in [0.15, 0.2) is 0 Å². The number of benzene rings is 1. The Hall–Kier alpha value is -1.64. The average molecular weight is 217 g/mol. The molecular formula is C13H15NO2. The summed E-state index contributed by atoms with van der Waals surface area (Å²) < 4.78 is 0. The van der Waals surface area contributed by atoms with Crippen LogP contribution in [0.15, 0.2) is 35.5 Å². The summed E-state index contributed by atoms with van der Waals surface area (Å²) in [6.45, 7) is 0.484. The van der Waals surface area contributed by atoms with Crippen LogP contribution in [0.4, 0.5) is 0 Å². The van der Waals surface area contributed by atoms with Gasteiger partial charge in [-0.15, -0.1) is 0 Å². The number of Topliss-reactive ketones (excluding diaryl/α,β-unsaturated/α-hetero) is 1. The van der Waals surface area contributed by atoms with Gasteiger partial charge in [-0.25, -0.2) is 0 Å². The van der Waals surface area contributed by atoms with E-state index < -0.39 is 0 Å². The Morgan fingerprint density at radius 2 is 2.19 bits per heavy atom. The van der Waals surface area contributed by atoms with Crippen molar-refractivity contribution in [3.05, 3.63) is 35.9 Å². The highest BCUT2D eigenvalue weighted by Gasteiger charge is 2.20. The molecule has 1 atom stereocenters. The van der Waals surface area contributed by atoms with Gasteiger partial charge in [0.1, 0.15) is 12.4 Å². The normalized spacial score (nSPS) is 20.5. The number of carbonyl (C=O) groups excluding carboxylic acids is 1. The summed E-state index contributed by atoms with van der Waals surface area (Å²) >= 11 is 0. The summed E-state index contributed by atoms with van der Waals surface area (Å²) in [4.78, 5) is 16.2. The maximum atomic E-state index is 11.0. The van der Waals surface area contributed by atoms with Gasteiger partial charge in [0.2, 0.25) is 0 Å². The van der Waals surface area contributed by atoms with E-state index in [-0.39, 0.29) is 5.92 Å². The number of hydrogen-bond acceptors (Lipinski definition) is 3. The van der Waals surface area contributed by atoms with Crippen LogP contribution < -0.4 is 0 Å². The van der Waals surface area contributed by atoms with Gasteiger partial charge < -0.3 is 4.84 Å². The molecule has 0 unspecified atom stereocenters. The summed E-state index contributed by atoms with van der Waals surface area (Å²) in [6, 6.07) is 9.90. The van der Waals surface area contributed by atoms with Crippen LogP contribution in [0, 0.1) is 5.92 Å². The number of carbonyl (C=O) groups is 1. The van der Waals surface area contributed by atoms with Gasteiger partial charge in [-0.05, 0) is 12.0 Å². The van der Waals surface area contributed by atoms with Crippen LogP contribution in [0.2, 0.25) is 0 Å². The van der Waals surface area contributed by atoms with Gasteiger partial charge in [0.05, 0.1) is 0 Å². The van der Waals surface area contributed by atoms with Crippen molar-refractivity contribution in [1.82, 2.24) is 0 Å². The first kappa shape index (κ1) is 10.9. The molecule has 3 heteroatoms. The Labute approximate surface area is 95.1 Å². The second kappa shape index (κ2) is 5.45. The number of oxime groups is 1. The Balaban J connectivity index is 1.72. The number of rotatable bonds is 4. The van der Waals surface area contributed by atoms with Crippen molar-refractivity contribution in [2.75, 3.05) is 0 Å². The van der Waals surface area contributed by atoms with E-state index in [0.717, 1.165) is 12.0 Å². The number of hydrogen-bond donors (Lipinski definition) is 0. The zero-order valence-corrected chi connectivity index (χ0v) is 9.13. The molecule has 1 fully saturated rings. The molecule has 0 bridgehead atoms. The predicted molar refractivity (Wildman–Crippen MR) is 62.1 cm³/mol. The van der Waals surface area contributed by atoms with Crippen LogP contribution in [0.5, 0.6) is 0 Å². The molecule has 1 aliphatic rings. The molecule has 1 saturated carbocycles. The van der Waals surface area contributed by atoms with Gasteiger partial charge in [0, 0.05) is 25.0 Å². The molecular weight excluding hydrogens is 202 g/mol. The van der Waals surface area contributed by atoms with Gasteiger partial charge in [-0.1, -0.05) is 35.5 Å². The summed E-state index contributed by atoms with van der Waals surface area (Å²) in [5, 5.41) is 3.91. The lowest BCUT2D eigenvalue weighted by Crippen LogP contribution is -1.97. The Morgan fingerprint density at radius 3 is 2.88 bits per heavy atom. The molecule has 0 aromatic heterocycles. The standard InChI is InChI=1S/C13H15NO2/c15-13-7-6-12(8-13)9-14-16-10-11-4-2-1-3-5-11/h1-5,9,12H,6-8,10H2/b14-9+/t12-/m0/s1. The van der Waals surface area contributed by atoms with Crippen molar-refractivity contribution in [2.24, 2.45) is 11.1 Å². The first-order valence-corrected chi connectivity index (χ1v) is 5.55. The predicted octanol–water partition coefficient (Wildman–Crippen LogP) is 2.56. The van der Waals surface area contributed by atoms with Crippen LogP contribution in [0.3, 0.4) is 0 Å². The lowest BCUT2D eigenvalue weighted by Gasteiger charge is -2.00. The third kappa shape index (κ3) is 3.19. The van der Waals surface area contributed by atoms with E-state index in [1.54, 1.807) is 6.21 Å². The van der Waals surface area contributed by atoms with Crippen molar-refractivity contribution >= 4 is 12.0 Å². The van der Waals surface area contributed by atoms with Crippen molar-refractivity contribution in [1.29, 1.82) is 0 Å². The summed E-state index contributed by atoms with van der Waals surface area (Å²) in [7, 11) is 0. The highest BCUT2D eigenvalue weighted by molar-refractivity contribution is 5.85. The highest BCUT2D eigenvalue weighted by Crippen LogP contribution is 2.19. The molecule has 0 saturated heterocycles. The summed E-state index contributed by atoms with van der Waals surface area (Å²) in [6.07, 6.45) is 3.98. The Bertz CT molecular complexity index is 373. The lowest BCUT2D eigenvalue weighted by atomic mass is 10.1. The molecule has 3 nitrogen and oxygen atoms in total. The van der Waals surface area contributed by atoms with Crippen molar-refractivity contribution < 1.29 is 9.63 Å². The van der Waals surface area contributed by atoms with Gasteiger partial charge >= 0.3 is 0 Å². The zero-order chi connectivity index (χ0) is 11.2. The van der Waals surface area contributed by atoms with Crippen LogP contribution >= 0.6 is 0 Å². The maximum Gasteiger partial charge on any atom is 0.142 e. The third-order valence-electron chi connectivity index (χ3n) is 2.70. The maximum absolute atomic E-state index is 11.0. The third-order valence-corrected chi connectivity index (χ3v) is 2.70. The van der Waals surface area contributed by atoms with Crippen molar-refractivity contribution in [3.8, 4) is 0 Å². The van der Waals surface area contributed by atoms with Crippen LogP contribution in [-0.4, -0.2) is 12.0 Å². The lowest BCUT2D eigenvalue weighted by molar-refractivity contribution is -0.117. The van der Waals surface area contributed by atoms with Gasteiger partial charge in [0.25, 0.3) is 0 Å². The van der Waals surface area contributed by atoms with Crippen molar-refractivity contribution in [2.45, 2.75) is 25.9 Å². The minimum Gasteiger partial charge on any atom is -0.391 e. The summed E-state index contributed by atoms with van der Waals surface area (Å²) in [5.41, 5.74) is 1.10. The molecule has 1 aromatic carbocycles. The number of ketones is 1. The molecule has 2 rings (SSSR count). The molecule has 0 heterocycles. The molecule has 0 spiro atoms. The number of nitrogens with zero attached hydrogens (tertiary/aromatic N) is 1. The fraction of sp³-hybridized carbons (Fsp3) is 0.385. The van der Waals surface area contributed by atoms with E-state index in [2.05, 4.69) is 5.16 Å². The van der Waals surface area contributed by atoms with E-state index in [1.165, 1.54) is 0 Å². The monoisotopic (exact) mass is 217 g/mol. The second-order valence-corrected chi connectivity index (χ2v) is 4.06. The van der Waals surface area contributed by atoms with Crippen LogP contribution in [-0.2, 0) is 16.2 Å². The Morgan fingerprint density at radius 1 is 1.38 bits per heavy atom. The zero-order valence-electron chi connectivity index (χ0n) is 9.13. The molecule has 1 aliphatic carbocycles. The molecule has 0 aliphatic heterocycles. The first-order chi connectivity index (χ1) is 7.84. The van der Waals surface area contributed by atoms with E-state index in [4.69, 9.17) is 4.84 Å². The van der Waals surface area contributed by atoms with E-state index in [0.29, 0.717) is 25.2 Å². The van der Waals surface area contributed by atoms with Crippen molar-refractivity contribution in [3.63, 3.8) is 0 Å². The quantitative estimate of drug-likeness (QED) is 0.574. The minimum atomic E-state index is 0.281. The molecule has 0 radical (unpaired) electrons. The second-order valence-electron chi connectivity index (χ2n) is 4.06. The van der Waals surface area contributed by atoms with E-state index in [1.807, 2.05) is 30.3 Å². The highest BCUT2D eigenvalue weighted by atomic mass is 16.6. The fourth-order valence-electron chi connectivity index (χ4n) is 1.79.